The van der Waals surface area contributed by atoms with Gasteiger partial charge in [-0.1, -0.05) is 32.0 Å². The summed E-state index contributed by atoms with van der Waals surface area (Å²) in [5.41, 5.74) is 1.89. The number of para-hydroxylation sites is 1. The summed E-state index contributed by atoms with van der Waals surface area (Å²) in [7, 11) is 0. The number of fused-ring (bicyclic) bond motifs is 1. The number of anilines is 1. The van der Waals surface area contributed by atoms with Crippen LogP contribution in [0.25, 0.3) is 16.7 Å². The standard InChI is InChI=1S/C18H21N5/c1-13-8-14(2)11-22(10-13)17-16-9-21-23(18(16)20-12-19-17)15-6-4-3-5-7-15/h3-7,9,12-14H,8,10-11H2,1-2H3/t13-,14-/m0/s1. The Morgan fingerprint density at radius 3 is 2.48 bits per heavy atom. The summed E-state index contributed by atoms with van der Waals surface area (Å²) in [5, 5.41) is 5.57. The number of benzene rings is 1. The molecule has 1 saturated heterocycles. The average molecular weight is 307 g/mol. The number of nitrogens with zero attached hydrogens (tertiary/aromatic N) is 5. The highest BCUT2D eigenvalue weighted by Gasteiger charge is 2.25. The van der Waals surface area contributed by atoms with Crippen LogP contribution in [0, 0.1) is 11.8 Å². The van der Waals surface area contributed by atoms with E-state index >= 15 is 0 Å². The third-order valence-electron chi connectivity index (χ3n) is 4.51. The smallest absolute Gasteiger partial charge is 0.168 e. The van der Waals surface area contributed by atoms with Gasteiger partial charge in [-0.15, -0.1) is 0 Å². The summed E-state index contributed by atoms with van der Waals surface area (Å²) in [6, 6.07) is 10.1. The van der Waals surface area contributed by atoms with Gasteiger partial charge in [-0.2, -0.15) is 5.10 Å². The first-order valence-corrected chi connectivity index (χ1v) is 8.21. The van der Waals surface area contributed by atoms with Gasteiger partial charge >= 0.3 is 0 Å². The van der Waals surface area contributed by atoms with Gasteiger partial charge in [-0.05, 0) is 30.4 Å². The molecule has 5 heteroatoms. The number of hydrogen-bond donors (Lipinski definition) is 0. The highest BCUT2D eigenvalue weighted by Crippen LogP contribution is 2.29. The minimum absolute atomic E-state index is 0.688. The van der Waals surface area contributed by atoms with E-state index in [4.69, 9.17) is 0 Å². The van der Waals surface area contributed by atoms with Crippen LogP contribution in [-0.4, -0.2) is 32.8 Å². The summed E-state index contributed by atoms with van der Waals surface area (Å²) in [5.74, 6) is 2.39. The lowest BCUT2D eigenvalue weighted by molar-refractivity contribution is 0.356. The fraction of sp³-hybridized carbons (Fsp3) is 0.389. The quantitative estimate of drug-likeness (QED) is 0.729. The molecule has 1 aliphatic rings. The fourth-order valence-electron chi connectivity index (χ4n) is 3.68. The summed E-state index contributed by atoms with van der Waals surface area (Å²) in [6.45, 7) is 6.73. The maximum atomic E-state index is 4.57. The maximum Gasteiger partial charge on any atom is 0.168 e. The molecule has 2 atom stereocenters. The van der Waals surface area contributed by atoms with Crippen molar-refractivity contribution in [2.45, 2.75) is 20.3 Å². The normalized spacial score (nSPS) is 21.7. The van der Waals surface area contributed by atoms with E-state index in [2.05, 4.69) is 33.8 Å². The summed E-state index contributed by atoms with van der Waals surface area (Å²) in [6.07, 6.45) is 4.83. The molecule has 3 aromatic rings. The Hall–Kier alpha value is -2.43. The Labute approximate surface area is 136 Å². The molecule has 1 fully saturated rings. The first-order valence-electron chi connectivity index (χ1n) is 8.21. The average Bonchev–Trinajstić information content (AvgIpc) is 2.98. The van der Waals surface area contributed by atoms with E-state index in [1.54, 1.807) is 6.33 Å². The van der Waals surface area contributed by atoms with Gasteiger partial charge in [0, 0.05) is 13.1 Å². The molecule has 2 aromatic heterocycles. The van der Waals surface area contributed by atoms with Gasteiger partial charge in [0.1, 0.15) is 12.1 Å². The molecule has 0 amide bonds. The van der Waals surface area contributed by atoms with Crippen LogP contribution in [0.1, 0.15) is 20.3 Å². The van der Waals surface area contributed by atoms with Crippen molar-refractivity contribution in [2.24, 2.45) is 11.8 Å². The first kappa shape index (κ1) is 14.2. The minimum atomic E-state index is 0.688. The fourth-order valence-corrected chi connectivity index (χ4v) is 3.68. The molecule has 0 radical (unpaired) electrons. The van der Waals surface area contributed by atoms with Crippen LogP contribution in [0.2, 0.25) is 0 Å². The maximum absolute atomic E-state index is 4.57. The number of hydrogen-bond acceptors (Lipinski definition) is 4. The SMILES string of the molecule is C[C@H]1C[C@H](C)CN(c2ncnc3c2cnn3-c2ccccc2)C1. The van der Waals surface area contributed by atoms with Gasteiger partial charge in [-0.25, -0.2) is 14.6 Å². The number of rotatable bonds is 2. The summed E-state index contributed by atoms with van der Waals surface area (Å²) < 4.78 is 1.89. The van der Waals surface area contributed by atoms with Crippen LogP contribution < -0.4 is 4.90 Å². The van der Waals surface area contributed by atoms with Crippen LogP contribution >= 0.6 is 0 Å². The van der Waals surface area contributed by atoms with Crippen molar-refractivity contribution in [1.82, 2.24) is 19.7 Å². The number of aromatic nitrogens is 4. The third-order valence-corrected chi connectivity index (χ3v) is 4.51. The second kappa shape index (κ2) is 5.65. The van der Waals surface area contributed by atoms with Gasteiger partial charge < -0.3 is 4.90 Å². The molecule has 1 aromatic carbocycles. The van der Waals surface area contributed by atoms with Crippen LogP contribution in [0.15, 0.2) is 42.9 Å². The largest absolute Gasteiger partial charge is 0.355 e. The molecule has 5 nitrogen and oxygen atoms in total. The predicted molar refractivity (Wildman–Crippen MR) is 91.8 cm³/mol. The zero-order chi connectivity index (χ0) is 15.8. The third kappa shape index (κ3) is 2.56. The lowest BCUT2D eigenvalue weighted by atomic mass is 9.92. The van der Waals surface area contributed by atoms with Crippen LogP contribution in [0.4, 0.5) is 5.82 Å². The van der Waals surface area contributed by atoms with E-state index < -0.39 is 0 Å². The Morgan fingerprint density at radius 1 is 1.00 bits per heavy atom. The van der Waals surface area contributed by atoms with Crippen molar-refractivity contribution in [3.63, 3.8) is 0 Å². The summed E-state index contributed by atoms with van der Waals surface area (Å²) >= 11 is 0. The van der Waals surface area contributed by atoms with E-state index in [1.807, 2.05) is 41.2 Å². The van der Waals surface area contributed by atoms with Gasteiger partial charge in [0.25, 0.3) is 0 Å². The van der Waals surface area contributed by atoms with E-state index in [9.17, 15) is 0 Å². The molecular formula is C18H21N5. The Morgan fingerprint density at radius 2 is 1.74 bits per heavy atom. The van der Waals surface area contributed by atoms with Crippen LogP contribution in [-0.2, 0) is 0 Å². The van der Waals surface area contributed by atoms with Crippen molar-refractivity contribution in [2.75, 3.05) is 18.0 Å². The van der Waals surface area contributed by atoms with Crippen molar-refractivity contribution < 1.29 is 0 Å². The zero-order valence-electron chi connectivity index (χ0n) is 13.6. The second-order valence-corrected chi connectivity index (χ2v) is 6.68. The van der Waals surface area contributed by atoms with E-state index in [-0.39, 0.29) is 0 Å². The topological polar surface area (TPSA) is 46.8 Å². The van der Waals surface area contributed by atoms with Crippen molar-refractivity contribution >= 4 is 16.9 Å². The zero-order valence-corrected chi connectivity index (χ0v) is 13.6. The van der Waals surface area contributed by atoms with Gasteiger partial charge in [0.05, 0.1) is 17.3 Å². The minimum Gasteiger partial charge on any atom is -0.355 e. The van der Waals surface area contributed by atoms with Gasteiger partial charge in [0.2, 0.25) is 0 Å². The highest BCUT2D eigenvalue weighted by atomic mass is 15.3. The van der Waals surface area contributed by atoms with E-state index in [1.165, 1.54) is 6.42 Å². The molecule has 118 valence electrons. The first-order chi connectivity index (χ1) is 11.2. The molecule has 0 N–H and O–H groups in total. The van der Waals surface area contributed by atoms with E-state index in [0.717, 1.165) is 35.6 Å². The highest BCUT2D eigenvalue weighted by molar-refractivity contribution is 5.87. The van der Waals surface area contributed by atoms with E-state index in [0.29, 0.717) is 11.8 Å². The Bertz CT molecular complexity index is 801. The Kier molecular flexibility index (Phi) is 3.48. The molecule has 0 saturated carbocycles. The molecule has 23 heavy (non-hydrogen) atoms. The lowest BCUT2D eigenvalue weighted by Gasteiger charge is -2.35. The van der Waals surface area contributed by atoms with Gasteiger partial charge in [-0.3, -0.25) is 0 Å². The van der Waals surface area contributed by atoms with Crippen LogP contribution in [0.5, 0.6) is 0 Å². The van der Waals surface area contributed by atoms with Crippen LogP contribution in [0.3, 0.4) is 0 Å². The Balaban J connectivity index is 1.79. The summed E-state index contributed by atoms with van der Waals surface area (Å²) in [4.78, 5) is 11.4. The number of piperidine rings is 1. The molecule has 0 spiro atoms. The predicted octanol–water partition coefficient (Wildman–Crippen LogP) is 3.30. The molecule has 0 bridgehead atoms. The monoisotopic (exact) mass is 307 g/mol. The second-order valence-electron chi connectivity index (χ2n) is 6.68. The van der Waals surface area contributed by atoms with Crippen molar-refractivity contribution in [3.05, 3.63) is 42.9 Å². The molecular weight excluding hydrogens is 286 g/mol. The molecule has 1 aliphatic heterocycles. The molecule has 0 aliphatic carbocycles. The van der Waals surface area contributed by atoms with Crippen molar-refractivity contribution in [1.29, 1.82) is 0 Å². The molecule has 4 rings (SSSR count). The molecule has 0 unspecified atom stereocenters. The molecule has 3 heterocycles. The lowest BCUT2D eigenvalue weighted by Crippen LogP contribution is -2.39. The van der Waals surface area contributed by atoms with Crippen molar-refractivity contribution in [3.8, 4) is 5.69 Å². The van der Waals surface area contributed by atoms with Gasteiger partial charge in [0.15, 0.2) is 5.65 Å².